The number of aromatic nitrogens is 4. The highest BCUT2D eigenvalue weighted by Gasteiger charge is 2.21. The van der Waals surface area contributed by atoms with Gasteiger partial charge in [-0.2, -0.15) is 10.2 Å². The molecule has 5 nitrogen and oxygen atoms in total. The van der Waals surface area contributed by atoms with Crippen molar-refractivity contribution in [1.82, 2.24) is 24.9 Å². The number of aryl methyl sites for hydroxylation is 3. The highest BCUT2D eigenvalue weighted by atomic mass is 15.3. The minimum atomic E-state index is 0.152. The van der Waals surface area contributed by atoms with E-state index in [1.165, 1.54) is 16.8 Å². The number of hydrogen-bond acceptors (Lipinski definition) is 3. The zero-order valence-corrected chi connectivity index (χ0v) is 11.7. The van der Waals surface area contributed by atoms with Crippen LogP contribution in [0.1, 0.15) is 35.5 Å². The van der Waals surface area contributed by atoms with Gasteiger partial charge in [0.2, 0.25) is 0 Å². The van der Waals surface area contributed by atoms with Gasteiger partial charge in [-0.15, -0.1) is 0 Å². The molecule has 1 atom stereocenters. The maximum atomic E-state index is 4.48. The fourth-order valence-corrected chi connectivity index (χ4v) is 2.39. The highest BCUT2D eigenvalue weighted by Crippen LogP contribution is 2.26. The highest BCUT2D eigenvalue weighted by molar-refractivity contribution is 5.35. The number of nitrogens with zero attached hydrogens (tertiary/aromatic N) is 4. The van der Waals surface area contributed by atoms with Gasteiger partial charge in [0.15, 0.2) is 0 Å². The van der Waals surface area contributed by atoms with Crippen molar-refractivity contribution >= 4 is 0 Å². The molecule has 2 aromatic rings. The molecular weight excluding hydrogens is 226 g/mol. The lowest BCUT2D eigenvalue weighted by atomic mass is 10.00. The van der Waals surface area contributed by atoms with Crippen LogP contribution >= 0.6 is 0 Å². The van der Waals surface area contributed by atoms with Crippen LogP contribution in [0.3, 0.4) is 0 Å². The van der Waals surface area contributed by atoms with E-state index in [0.29, 0.717) is 0 Å². The third kappa shape index (κ3) is 2.06. The number of rotatable bonds is 4. The third-order valence-electron chi connectivity index (χ3n) is 3.45. The molecule has 0 fully saturated rings. The van der Waals surface area contributed by atoms with Crippen LogP contribution in [0.5, 0.6) is 0 Å². The molecule has 0 radical (unpaired) electrons. The van der Waals surface area contributed by atoms with Crippen molar-refractivity contribution in [2.24, 2.45) is 7.05 Å². The molecule has 0 amide bonds. The summed E-state index contributed by atoms with van der Waals surface area (Å²) in [4.78, 5) is 0. The maximum absolute atomic E-state index is 4.48. The second-order valence-corrected chi connectivity index (χ2v) is 4.56. The zero-order chi connectivity index (χ0) is 13.3. The van der Waals surface area contributed by atoms with Crippen molar-refractivity contribution in [3.8, 4) is 0 Å². The minimum Gasteiger partial charge on any atom is -0.309 e. The molecule has 18 heavy (non-hydrogen) atoms. The Morgan fingerprint density at radius 2 is 2.11 bits per heavy atom. The van der Waals surface area contributed by atoms with Crippen molar-refractivity contribution in [2.75, 3.05) is 7.05 Å². The summed E-state index contributed by atoms with van der Waals surface area (Å²) in [5.41, 5.74) is 4.68. The van der Waals surface area contributed by atoms with Crippen molar-refractivity contribution in [3.05, 3.63) is 34.9 Å². The van der Waals surface area contributed by atoms with E-state index in [1.54, 1.807) is 0 Å². The molecule has 98 valence electrons. The molecule has 0 saturated carbocycles. The number of nitrogens with one attached hydrogen (secondary N) is 1. The summed E-state index contributed by atoms with van der Waals surface area (Å²) in [6.07, 6.45) is 4.02. The predicted octanol–water partition coefficient (Wildman–Crippen LogP) is 1.56. The molecular formula is C13H21N5. The van der Waals surface area contributed by atoms with Gasteiger partial charge in [0.1, 0.15) is 0 Å². The Hall–Kier alpha value is -1.62. The summed E-state index contributed by atoms with van der Waals surface area (Å²) in [5, 5.41) is 12.2. The summed E-state index contributed by atoms with van der Waals surface area (Å²) < 4.78 is 3.87. The average molecular weight is 247 g/mol. The first-order valence-electron chi connectivity index (χ1n) is 6.28. The standard InChI is InChI=1S/C13H21N5/c1-6-18-8-11(7-15-18)13(14-4)12-9(2)16-17(5)10(12)3/h7-8,13-14H,6H2,1-5H3. The van der Waals surface area contributed by atoms with Crippen LogP contribution < -0.4 is 5.32 Å². The fraction of sp³-hybridized carbons (Fsp3) is 0.538. The van der Waals surface area contributed by atoms with Crippen molar-refractivity contribution in [2.45, 2.75) is 33.4 Å². The van der Waals surface area contributed by atoms with Gasteiger partial charge >= 0.3 is 0 Å². The van der Waals surface area contributed by atoms with E-state index in [9.17, 15) is 0 Å². The lowest BCUT2D eigenvalue weighted by Gasteiger charge is -2.15. The Labute approximate surface area is 108 Å². The SMILES string of the molecule is CCn1cc(C(NC)c2c(C)nn(C)c2C)cn1. The Bertz CT molecular complexity index is 538. The van der Waals surface area contributed by atoms with Crippen LogP contribution in [-0.4, -0.2) is 26.6 Å². The molecule has 2 aromatic heterocycles. The second-order valence-electron chi connectivity index (χ2n) is 4.56. The Morgan fingerprint density at radius 3 is 2.56 bits per heavy atom. The first-order chi connectivity index (χ1) is 8.58. The van der Waals surface area contributed by atoms with Crippen molar-refractivity contribution < 1.29 is 0 Å². The summed E-state index contributed by atoms with van der Waals surface area (Å²) in [5.74, 6) is 0. The van der Waals surface area contributed by atoms with Gasteiger partial charge in [0.05, 0.1) is 17.9 Å². The van der Waals surface area contributed by atoms with Crippen molar-refractivity contribution in [3.63, 3.8) is 0 Å². The quantitative estimate of drug-likeness (QED) is 0.892. The molecule has 0 spiro atoms. The molecule has 5 heteroatoms. The maximum Gasteiger partial charge on any atom is 0.0647 e. The molecule has 0 aliphatic carbocycles. The molecule has 0 bridgehead atoms. The zero-order valence-electron chi connectivity index (χ0n) is 11.7. The van der Waals surface area contributed by atoms with E-state index in [-0.39, 0.29) is 6.04 Å². The fourth-order valence-electron chi connectivity index (χ4n) is 2.39. The van der Waals surface area contributed by atoms with Gasteiger partial charge in [-0.25, -0.2) is 0 Å². The Kier molecular flexibility index (Phi) is 3.52. The molecule has 1 N–H and O–H groups in total. The second kappa shape index (κ2) is 4.94. The minimum absolute atomic E-state index is 0.152. The van der Waals surface area contributed by atoms with E-state index < -0.39 is 0 Å². The smallest absolute Gasteiger partial charge is 0.0647 e. The molecule has 0 saturated heterocycles. The molecule has 1 unspecified atom stereocenters. The first kappa shape index (κ1) is 12.8. The van der Waals surface area contributed by atoms with E-state index in [0.717, 1.165) is 12.2 Å². The lowest BCUT2D eigenvalue weighted by Crippen LogP contribution is -2.18. The Morgan fingerprint density at radius 1 is 1.39 bits per heavy atom. The van der Waals surface area contributed by atoms with E-state index in [1.807, 2.05) is 29.7 Å². The lowest BCUT2D eigenvalue weighted by molar-refractivity contribution is 0.651. The topological polar surface area (TPSA) is 47.7 Å². The summed E-state index contributed by atoms with van der Waals surface area (Å²) in [7, 11) is 3.95. The van der Waals surface area contributed by atoms with Gasteiger partial charge in [-0.05, 0) is 27.8 Å². The first-order valence-corrected chi connectivity index (χ1v) is 6.28. The van der Waals surface area contributed by atoms with Crippen LogP contribution in [0.25, 0.3) is 0 Å². The van der Waals surface area contributed by atoms with Gasteiger partial charge in [0.25, 0.3) is 0 Å². The van der Waals surface area contributed by atoms with Crippen LogP contribution in [0.15, 0.2) is 12.4 Å². The van der Waals surface area contributed by atoms with Gasteiger partial charge in [0, 0.05) is 36.6 Å². The monoisotopic (exact) mass is 247 g/mol. The van der Waals surface area contributed by atoms with Gasteiger partial charge < -0.3 is 5.32 Å². The van der Waals surface area contributed by atoms with Gasteiger partial charge in [-0.1, -0.05) is 0 Å². The summed E-state index contributed by atoms with van der Waals surface area (Å²) >= 11 is 0. The van der Waals surface area contributed by atoms with E-state index in [2.05, 4.69) is 42.5 Å². The summed E-state index contributed by atoms with van der Waals surface area (Å²) in [6, 6.07) is 0.152. The van der Waals surface area contributed by atoms with Gasteiger partial charge in [-0.3, -0.25) is 9.36 Å². The molecule has 0 aliphatic heterocycles. The Balaban J connectivity index is 2.44. The van der Waals surface area contributed by atoms with Crippen LogP contribution in [0.4, 0.5) is 0 Å². The molecule has 2 heterocycles. The predicted molar refractivity (Wildman–Crippen MR) is 71.5 cm³/mol. The largest absolute Gasteiger partial charge is 0.309 e. The average Bonchev–Trinajstić information content (AvgIpc) is 2.91. The van der Waals surface area contributed by atoms with E-state index >= 15 is 0 Å². The van der Waals surface area contributed by atoms with Crippen LogP contribution in [0, 0.1) is 13.8 Å². The molecule has 0 aliphatic rings. The van der Waals surface area contributed by atoms with Crippen LogP contribution in [-0.2, 0) is 13.6 Å². The number of hydrogen-bond donors (Lipinski definition) is 1. The van der Waals surface area contributed by atoms with Crippen molar-refractivity contribution in [1.29, 1.82) is 0 Å². The molecule has 2 rings (SSSR count). The van der Waals surface area contributed by atoms with Crippen LogP contribution in [0.2, 0.25) is 0 Å². The van der Waals surface area contributed by atoms with E-state index in [4.69, 9.17) is 0 Å². The normalized spacial score (nSPS) is 12.9. The summed E-state index contributed by atoms with van der Waals surface area (Å²) in [6.45, 7) is 7.13. The third-order valence-corrected chi connectivity index (χ3v) is 3.45. The molecule has 0 aromatic carbocycles.